The van der Waals surface area contributed by atoms with Crippen LogP contribution in [0.1, 0.15) is 46.5 Å². The lowest BCUT2D eigenvalue weighted by atomic mass is 10.0. The van der Waals surface area contributed by atoms with Gasteiger partial charge >= 0.3 is 5.97 Å². The van der Waals surface area contributed by atoms with E-state index in [4.69, 9.17) is 0 Å². The maximum atomic E-state index is 12.3. The molecule has 0 aromatic carbocycles. The van der Waals surface area contributed by atoms with Crippen LogP contribution in [0, 0.1) is 0 Å². The molecule has 0 unspecified atom stereocenters. The van der Waals surface area contributed by atoms with E-state index >= 15 is 0 Å². The Bertz CT molecular complexity index is 321. The minimum atomic E-state index is -1.00. The van der Waals surface area contributed by atoms with E-state index in [1.54, 1.807) is 18.7 Å². The third-order valence-electron chi connectivity index (χ3n) is 3.98. The van der Waals surface area contributed by atoms with Gasteiger partial charge in [0.15, 0.2) is 0 Å². The summed E-state index contributed by atoms with van der Waals surface area (Å²) in [4.78, 5) is 27.2. The summed E-state index contributed by atoms with van der Waals surface area (Å²) in [5.41, 5.74) is -1.00. The summed E-state index contributed by atoms with van der Waals surface area (Å²) >= 11 is 0. The lowest BCUT2D eigenvalue weighted by molar-refractivity contribution is -0.151. The van der Waals surface area contributed by atoms with Crippen LogP contribution in [-0.4, -0.2) is 58.5 Å². The van der Waals surface area contributed by atoms with E-state index in [9.17, 15) is 14.7 Å². The van der Waals surface area contributed by atoms with Crippen molar-refractivity contribution in [3.05, 3.63) is 0 Å². The number of amides is 1. The zero-order valence-corrected chi connectivity index (χ0v) is 12.3. The van der Waals surface area contributed by atoms with Crippen LogP contribution in [0.5, 0.6) is 0 Å². The van der Waals surface area contributed by atoms with Crippen molar-refractivity contribution in [1.29, 1.82) is 0 Å². The zero-order valence-electron chi connectivity index (χ0n) is 12.3. The summed E-state index contributed by atoms with van der Waals surface area (Å²) in [6.07, 6.45) is 4.48. The largest absolute Gasteiger partial charge is 0.480 e. The second-order valence-corrected chi connectivity index (χ2v) is 5.67. The zero-order chi connectivity index (χ0) is 14.5. The van der Waals surface area contributed by atoms with Gasteiger partial charge in [-0.1, -0.05) is 19.8 Å². The van der Waals surface area contributed by atoms with Crippen LogP contribution in [0.3, 0.4) is 0 Å². The van der Waals surface area contributed by atoms with Crippen LogP contribution >= 0.6 is 0 Å². The van der Waals surface area contributed by atoms with Crippen molar-refractivity contribution >= 4 is 11.9 Å². The van der Waals surface area contributed by atoms with Gasteiger partial charge in [0, 0.05) is 13.1 Å². The predicted molar refractivity (Wildman–Crippen MR) is 74.0 cm³/mol. The number of carboxylic acid groups (broad SMARTS) is 1. The third-order valence-corrected chi connectivity index (χ3v) is 3.98. The first-order valence-corrected chi connectivity index (χ1v) is 7.15. The third kappa shape index (κ3) is 4.20. The number of carbonyl (C=O) groups excluding carboxylic acids is 1. The molecule has 5 nitrogen and oxygen atoms in total. The van der Waals surface area contributed by atoms with E-state index in [1.807, 2.05) is 11.8 Å². The number of rotatable bonds is 5. The molecule has 0 radical (unpaired) electrons. The van der Waals surface area contributed by atoms with Crippen LogP contribution in [0.25, 0.3) is 0 Å². The molecular weight excluding hydrogens is 244 g/mol. The minimum Gasteiger partial charge on any atom is -0.480 e. The second-order valence-electron chi connectivity index (χ2n) is 5.67. The summed E-state index contributed by atoms with van der Waals surface area (Å²) in [6, 6.07) is 0. The molecule has 1 aliphatic heterocycles. The maximum Gasteiger partial charge on any atom is 0.323 e. The molecule has 0 atom stereocenters. The molecule has 1 rings (SSSR count). The average molecular weight is 270 g/mol. The first-order valence-electron chi connectivity index (χ1n) is 7.15. The van der Waals surface area contributed by atoms with Gasteiger partial charge in [0.2, 0.25) is 5.91 Å². The van der Waals surface area contributed by atoms with E-state index in [0.29, 0.717) is 6.54 Å². The molecule has 0 aliphatic carbocycles. The quantitative estimate of drug-likeness (QED) is 0.824. The molecule has 5 heteroatoms. The van der Waals surface area contributed by atoms with Gasteiger partial charge in [-0.25, -0.2) is 0 Å². The molecular formula is C14H26N2O3. The van der Waals surface area contributed by atoms with Crippen molar-refractivity contribution in [2.75, 3.05) is 26.2 Å². The fourth-order valence-electron chi connectivity index (χ4n) is 2.42. The van der Waals surface area contributed by atoms with Crippen molar-refractivity contribution in [3.63, 3.8) is 0 Å². The number of likely N-dealkylation sites (N-methyl/N-ethyl adjacent to an activating group) is 1. The van der Waals surface area contributed by atoms with Crippen molar-refractivity contribution in [2.24, 2.45) is 0 Å². The molecule has 110 valence electrons. The van der Waals surface area contributed by atoms with Crippen LogP contribution < -0.4 is 0 Å². The molecule has 0 bridgehead atoms. The Morgan fingerprint density at radius 3 is 2.11 bits per heavy atom. The van der Waals surface area contributed by atoms with Crippen LogP contribution in [-0.2, 0) is 9.59 Å². The Morgan fingerprint density at radius 1 is 1.16 bits per heavy atom. The fourth-order valence-corrected chi connectivity index (χ4v) is 2.42. The number of hydrogen-bond donors (Lipinski definition) is 1. The summed E-state index contributed by atoms with van der Waals surface area (Å²) < 4.78 is 0. The van der Waals surface area contributed by atoms with Gasteiger partial charge in [-0.2, -0.15) is 0 Å². The Hall–Kier alpha value is -1.10. The topological polar surface area (TPSA) is 60.9 Å². The van der Waals surface area contributed by atoms with Crippen molar-refractivity contribution in [1.82, 2.24) is 9.80 Å². The minimum absolute atomic E-state index is 0.0538. The number of hydrogen-bond acceptors (Lipinski definition) is 3. The first-order chi connectivity index (χ1) is 8.89. The van der Waals surface area contributed by atoms with Crippen molar-refractivity contribution in [2.45, 2.75) is 52.0 Å². The smallest absolute Gasteiger partial charge is 0.323 e. The van der Waals surface area contributed by atoms with Gasteiger partial charge in [-0.15, -0.1) is 0 Å². The monoisotopic (exact) mass is 270 g/mol. The van der Waals surface area contributed by atoms with E-state index in [-0.39, 0.29) is 12.5 Å². The number of carboxylic acids is 1. The molecule has 0 saturated carbocycles. The predicted octanol–water partition coefficient (Wildman–Crippen LogP) is 1.57. The van der Waals surface area contributed by atoms with E-state index in [2.05, 4.69) is 0 Å². The van der Waals surface area contributed by atoms with E-state index < -0.39 is 11.5 Å². The van der Waals surface area contributed by atoms with Crippen molar-refractivity contribution < 1.29 is 14.7 Å². The van der Waals surface area contributed by atoms with E-state index in [0.717, 1.165) is 25.9 Å². The standard InChI is InChI=1S/C14H26N2O3/c1-4-16(14(2,3)13(18)19)11-12(17)15-9-7-5-6-8-10-15/h4-11H2,1-3H3,(H,18,19). The number of carbonyl (C=O) groups is 2. The molecule has 1 fully saturated rings. The molecule has 1 aliphatic rings. The Morgan fingerprint density at radius 2 is 1.68 bits per heavy atom. The van der Waals surface area contributed by atoms with Crippen molar-refractivity contribution in [3.8, 4) is 0 Å². The Balaban J connectivity index is 2.64. The summed E-state index contributed by atoms with van der Waals surface area (Å²) in [5, 5.41) is 9.24. The highest BCUT2D eigenvalue weighted by atomic mass is 16.4. The number of likely N-dealkylation sites (tertiary alicyclic amines) is 1. The average Bonchev–Trinajstić information content (AvgIpc) is 2.63. The highest BCUT2D eigenvalue weighted by Crippen LogP contribution is 2.16. The maximum absolute atomic E-state index is 12.3. The lowest BCUT2D eigenvalue weighted by Gasteiger charge is -2.35. The molecule has 0 aromatic heterocycles. The van der Waals surface area contributed by atoms with Gasteiger partial charge < -0.3 is 10.0 Å². The molecule has 0 aromatic rings. The summed E-state index contributed by atoms with van der Waals surface area (Å²) in [6.45, 7) is 7.55. The lowest BCUT2D eigenvalue weighted by Crippen LogP contribution is -2.54. The van der Waals surface area contributed by atoms with Crippen LogP contribution in [0.4, 0.5) is 0 Å². The summed E-state index contributed by atoms with van der Waals surface area (Å²) in [5.74, 6) is -0.837. The fraction of sp³-hybridized carbons (Fsp3) is 0.857. The SMILES string of the molecule is CCN(CC(=O)N1CCCCCC1)C(C)(C)C(=O)O. The van der Waals surface area contributed by atoms with Crippen LogP contribution in [0.15, 0.2) is 0 Å². The molecule has 0 spiro atoms. The Labute approximate surface area is 115 Å². The van der Waals surface area contributed by atoms with Gasteiger partial charge in [-0.3, -0.25) is 14.5 Å². The highest BCUT2D eigenvalue weighted by molar-refractivity contribution is 5.81. The molecule has 19 heavy (non-hydrogen) atoms. The normalized spacial score (nSPS) is 17.4. The highest BCUT2D eigenvalue weighted by Gasteiger charge is 2.35. The first kappa shape index (κ1) is 16.0. The molecule has 1 heterocycles. The Kier molecular flexibility index (Phi) is 5.79. The second kappa shape index (κ2) is 6.89. The van der Waals surface area contributed by atoms with Gasteiger partial charge in [0.1, 0.15) is 5.54 Å². The summed E-state index contributed by atoms with van der Waals surface area (Å²) in [7, 11) is 0. The molecule has 1 N–H and O–H groups in total. The van der Waals surface area contributed by atoms with Gasteiger partial charge in [-0.05, 0) is 33.2 Å². The van der Waals surface area contributed by atoms with Gasteiger partial charge in [0.25, 0.3) is 0 Å². The molecule has 1 saturated heterocycles. The number of aliphatic carboxylic acids is 1. The molecule has 1 amide bonds. The van der Waals surface area contributed by atoms with E-state index in [1.165, 1.54) is 12.8 Å². The van der Waals surface area contributed by atoms with Crippen LogP contribution in [0.2, 0.25) is 0 Å². The van der Waals surface area contributed by atoms with Gasteiger partial charge in [0.05, 0.1) is 6.54 Å². The number of nitrogens with zero attached hydrogens (tertiary/aromatic N) is 2.